The van der Waals surface area contributed by atoms with E-state index in [1.54, 1.807) is 27.0 Å². The molecular weight excluding hydrogens is 290 g/mol. The Morgan fingerprint density at radius 2 is 2.10 bits per heavy atom. The fraction of sp³-hybridized carbons (Fsp3) is 0.625. The van der Waals surface area contributed by atoms with E-state index in [1.165, 1.54) is 12.8 Å². The normalized spacial score (nSPS) is 15.1. The van der Waals surface area contributed by atoms with Crippen molar-refractivity contribution in [1.29, 1.82) is 0 Å². The zero-order valence-electron chi connectivity index (χ0n) is 12.9. The number of aliphatic hydroxyl groups is 1. The van der Waals surface area contributed by atoms with Crippen LogP contribution in [0.5, 0.6) is 11.5 Å². The maximum Gasteiger partial charge on any atom is 0.165 e. The van der Waals surface area contributed by atoms with E-state index >= 15 is 0 Å². The highest BCUT2D eigenvalue weighted by molar-refractivity contribution is 6.30. The molecule has 1 aromatic rings. The van der Waals surface area contributed by atoms with Gasteiger partial charge in [0.05, 0.1) is 19.3 Å². The van der Waals surface area contributed by atoms with Crippen LogP contribution in [0.1, 0.15) is 38.7 Å². The van der Waals surface area contributed by atoms with Crippen molar-refractivity contribution in [3.8, 4) is 11.5 Å². The molecule has 0 atom stereocenters. The molecule has 2 rings (SSSR count). The molecule has 1 fully saturated rings. The first-order valence-electron chi connectivity index (χ1n) is 7.34. The summed E-state index contributed by atoms with van der Waals surface area (Å²) in [6, 6.07) is 4.26. The van der Waals surface area contributed by atoms with Crippen LogP contribution in [0.3, 0.4) is 0 Å². The Balaban J connectivity index is 2.09. The summed E-state index contributed by atoms with van der Waals surface area (Å²) in [5, 5.41) is 13.9. The molecule has 0 aliphatic heterocycles. The van der Waals surface area contributed by atoms with Gasteiger partial charge in [0, 0.05) is 35.7 Å². The number of rotatable bonds is 8. The van der Waals surface area contributed by atoms with Crippen molar-refractivity contribution in [2.75, 3.05) is 13.7 Å². The van der Waals surface area contributed by atoms with Gasteiger partial charge in [-0.1, -0.05) is 11.6 Å². The van der Waals surface area contributed by atoms with Crippen molar-refractivity contribution in [1.82, 2.24) is 5.32 Å². The standard InChI is InChI=1S/C16H24ClNO3/c1-16(2,19)6-7-21-15-11(10-18-13-4-5-13)8-12(17)9-14(15)20-3/h8-9,13,18-19H,4-7,10H2,1-3H3. The van der Waals surface area contributed by atoms with E-state index in [0.717, 1.165) is 5.56 Å². The monoisotopic (exact) mass is 313 g/mol. The van der Waals surface area contributed by atoms with Gasteiger partial charge in [-0.05, 0) is 32.8 Å². The van der Waals surface area contributed by atoms with E-state index in [9.17, 15) is 5.11 Å². The minimum Gasteiger partial charge on any atom is -0.493 e. The van der Waals surface area contributed by atoms with Crippen LogP contribution in [0, 0.1) is 0 Å². The van der Waals surface area contributed by atoms with Crippen molar-refractivity contribution in [2.45, 2.75) is 51.3 Å². The molecular formula is C16H24ClNO3. The molecule has 2 N–H and O–H groups in total. The number of halogens is 1. The van der Waals surface area contributed by atoms with Gasteiger partial charge in [-0.2, -0.15) is 0 Å². The molecule has 4 nitrogen and oxygen atoms in total. The quantitative estimate of drug-likeness (QED) is 0.774. The van der Waals surface area contributed by atoms with Gasteiger partial charge in [0.2, 0.25) is 0 Å². The second-order valence-corrected chi connectivity index (χ2v) is 6.60. The minimum absolute atomic E-state index is 0.428. The van der Waals surface area contributed by atoms with Crippen molar-refractivity contribution >= 4 is 11.6 Å². The molecule has 0 unspecified atom stereocenters. The van der Waals surface area contributed by atoms with Crippen LogP contribution >= 0.6 is 11.6 Å². The molecule has 0 heterocycles. The Hall–Kier alpha value is -0.970. The highest BCUT2D eigenvalue weighted by Gasteiger charge is 2.22. The lowest BCUT2D eigenvalue weighted by Gasteiger charge is -2.20. The van der Waals surface area contributed by atoms with Crippen molar-refractivity contribution in [3.63, 3.8) is 0 Å². The molecule has 1 saturated carbocycles. The summed E-state index contributed by atoms with van der Waals surface area (Å²) in [5.41, 5.74) is 0.244. The maximum atomic E-state index is 9.78. The van der Waals surface area contributed by atoms with E-state index < -0.39 is 5.60 Å². The van der Waals surface area contributed by atoms with E-state index in [0.29, 0.717) is 42.1 Å². The average molecular weight is 314 g/mol. The van der Waals surface area contributed by atoms with Crippen molar-refractivity contribution in [2.24, 2.45) is 0 Å². The van der Waals surface area contributed by atoms with Gasteiger partial charge in [0.25, 0.3) is 0 Å². The van der Waals surface area contributed by atoms with Gasteiger partial charge in [-0.3, -0.25) is 0 Å². The summed E-state index contributed by atoms with van der Waals surface area (Å²) in [5.74, 6) is 1.34. The molecule has 1 aliphatic carbocycles. The van der Waals surface area contributed by atoms with Gasteiger partial charge in [-0.15, -0.1) is 0 Å². The Kier molecular flexibility index (Phi) is 5.36. The van der Waals surface area contributed by atoms with Gasteiger partial charge in [-0.25, -0.2) is 0 Å². The number of ether oxygens (including phenoxy) is 2. The molecule has 118 valence electrons. The summed E-state index contributed by atoms with van der Waals surface area (Å²) in [6.45, 7) is 4.67. The third-order valence-electron chi connectivity index (χ3n) is 3.44. The van der Waals surface area contributed by atoms with Gasteiger partial charge in [0.15, 0.2) is 11.5 Å². The van der Waals surface area contributed by atoms with Gasteiger partial charge in [0.1, 0.15) is 0 Å². The number of nitrogens with one attached hydrogen (secondary N) is 1. The lowest BCUT2D eigenvalue weighted by atomic mass is 10.1. The Bertz CT molecular complexity index is 481. The van der Waals surface area contributed by atoms with Crippen molar-refractivity contribution in [3.05, 3.63) is 22.7 Å². The molecule has 0 saturated heterocycles. The predicted octanol–water partition coefficient (Wildman–Crippen LogP) is 3.14. The first-order chi connectivity index (χ1) is 9.89. The summed E-state index contributed by atoms with van der Waals surface area (Å²) in [4.78, 5) is 0. The molecule has 0 aromatic heterocycles. The smallest absolute Gasteiger partial charge is 0.165 e. The van der Waals surface area contributed by atoms with Crippen LogP contribution in [0.4, 0.5) is 0 Å². The number of methoxy groups -OCH3 is 1. The van der Waals surface area contributed by atoms with Gasteiger partial charge >= 0.3 is 0 Å². The third kappa shape index (κ3) is 5.38. The van der Waals surface area contributed by atoms with E-state index in [2.05, 4.69) is 5.32 Å². The lowest BCUT2D eigenvalue weighted by Crippen LogP contribution is -2.22. The molecule has 1 aromatic carbocycles. The summed E-state index contributed by atoms with van der Waals surface area (Å²) in [6.07, 6.45) is 3.01. The van der Waals surface area contributed by atoms with Crippen LogP contribution in [-0.4, -0.2) is 30.5 Å². The van der Waals surface area contributed by atoms with E-state index in [-0.39, 0.29) is 0 Å². The summed E-state index contributed by atoms with van der Waals surface area (Å²) < 4.78 is 11.2. The zero-order valence-corrected chi connectivity index (χ0v) is 13.7. The first kappa shape index (κ1) is 16.4. The first-order valence-corrected chi connectivity index (χ1v) is 7.72. The third-order valence-corrected chi connectivity index (χ3v) is 3.65. The van der Waals surface area contributed by atoms with E-state index in [4.69, 9.17) is 21.1 Å². The van der Waals surface area contributed by atoms with Gasteiger partial charge < -0.3 is 19.9 Å². The highest BCUT2D eigenvalue weighted by Crippen LogP contribution is 2.35. The second kappa shape index (κ2) is 6.86. The second-order valence-electron chi connectivity index (χ2n) is 6.16. The lowest BCUT2D eigenvalue weighted by molar-refractivity contribution is 0.0547. The molecule has 0 amide bonds. The zero-order chi connectivity index (χ0) is 15.5. The fourth-order valence-electron chi connectivity index (χ4n) is 2.01. The summed E-state index contributed by atoms with van der Waals surface area (Å²) in [7, 11) is 1.60. The molecule has 0 spiro atoms. The summed E-state index contributed by atoms with van der Waals surface area (Å²) >= 11 is 6.13. The number of benzene rings is 1. The fourth-order valence-corrected chi connectivity index (χ4v) is 2.24. The molecule has 5 heteroatoms. The molecule has 0 bridgehead atoms. The van der Waals surface area contributed by atoms with Crippen LogP contribution in [0.25, 0.3) is 0 Å². The maximum absolute atomic E-state index is 9.78. The largest absolute Gasteiger partial charge is 0.493 e. The van der Waals surface area contributed by atoms with Crippen LogP contribution < -0.4 is 14.8 Å². The highest BCUT2D eigenvalue weighted by atomic mass is 35.5. The topological polar surface area (TPSA) is 50.7 Å². The van der Waals surface area contributed by atoms with E-state index in [1.807, 2.05) is 6.07 Å². The Morgan fingerprint density at radius 3 is 2.67 bits per heavy atom. The average Bonchev–Trinajstić information content (AvgIpc) is 3.20. The van der Waals surface area contributed by atoms with Crippen LogP contribution in [0.15, 0.2) is 12.1 Å². The molecule has 0 radical (unpaired) electrons. The SMILES string of the molecule is COc1cc(Cl)cc(CNC2CC2)c1OCCC(C)(C)O. The minimum atomic E-state index is -0.744. The molecule has 21 heavy (non-hydrogen) atoms. The molecule has 1 aliphatic rings. The van der Waals surface area contributed by atoms with Crippen LogP contribution in [-0.2, 0) is 6.54 Å². The Morgan fingerprint density at radius 1 is 1.38 bits per heavy atom. The predicted molar refractivity (Wildman–Crippen MR) is 84.3 cm³/mol. The van der Waals surface area contributed by atoms with Crippen LogP contribution in [0.2, 0.25) is 5.02 Å². The number of hydrogen-bond donors (Lipinski definition) is 2. The Labute approximate surface area is 131 Å². The number of hydrogen-bond acceptors (Lipinski definition) is 4. The van der Waals surface area contributed by atoms with Crippen molar-refractivity contribution < 1.29 is 14.6 Å².